The average molecular weight is 273 g/mol. The van der Waals surface area contributed by atoms with Crippen LogP contribution in [0.15, 0.2) is 24.3 Å². The van der Waals surface area contributed by atoms with Crippen LogP contribution in [-0.4, -0.2) is 24.3 Å². The maximum atomic E-state index is 12.1. The summed E-state index contributed by atoms with van der Waals surface area (Å²) in [5.41, 5.74) is 1.71. The van der Waals surface area contributed by atoms with Crippen LogP contribution in [0.4, 0.5) is 0 Å². The molecule has 0 radical (unpaired) electrons. The maximum Gasteiger partial charge on any atom is 0.354 e. The molecule has 0 saturated heterocycles. The Balaban J connectivity index is 2.07. The molecule has 2 aromatic rings. The van der Waals surface area contributed by atoms with E-state index < -0.39 is 0 Å². The van der Waals surface area contributed by atoms with Crippen molar-refractivity contribution >= 4 is 16.9 Å². The van der Waals surface area contributed by atoms with Gasteiger partial charge >= 0.3 is 5.97 Å². The molecule has 1 aliphatic rings. The lowest BCUT2D eigenvalue weighted by atomic mass is 10.2. The van der Waals surface area contributed by atoms with Crippen LogP contribution < -0.4 is 4.74 Å². The summed E-state index contributed by atoms with van der Waals surface area (Å²) < 4.78 is 12.5. The van der Waals surface area contributed by atoms with E-state index >= 15 is 0 Å². The zero-order chi connectivity index (χ0) is 14.1. The number of carbonyl (C=O) groups is 1. The van der Waals surface area contributed by atoms with Gasteiger partial charge in [0.25, 0.3) is 0 Å². The Morgan fingerprint density at radius 3 is 2.80 bits per heavy atom. The highest BCUT2D eigenvalue weighted by Crippen LogP contribution is 2.34. The van der Waals surface area contributed by atoms with E-state index in [0.29, 0.717) is 18.2 Å². The van der Waals surface area contributed by atoms with E-state index in [4.69, 9.17) is 9.47 Å². The first-order valence-corrected chi connectivity index (χ1v) is 7.07. The van der Waals surface area contributed by atoms with Gasteiger partial charge in [0.1, 0.15) is 11.4 Å². The van der Waals surface area contributed by atoms with Gasteiger partial charge in [0, 0.05) is 17.4 Å². The van der Waals surface area contributed by atoms with Crippen LogP contribution in [0.2, 0.25) is 0 Å². The van der Waals surface area contributed by atoms with Crippen LogP contribution in [0.3, 0.4) is 0 Å². The Morgan fingerprint density at radius 2 is 2.15 bits per heavy atom. The smallest absolute Gasteiger partial charge is 0.354 e. The normalized spacial score (nSPS) is 14.5. The van der Waals surface area contributed by atoms with Crippen molar-refractivity contribution in [2.45, 2.75) is 26.3 Å². The number of hydrogen-bond acceptors (Lipinski definition) is 3. The van der Waals surface area contributed by atoms with Crippen molar-refractivity contribution in [3.63, 3.8) is 0 Å². The lowest BCUT2D eigenvalue weighted by Gasteiger charge is -2.09. The van der Waals surface area contributed by atoms with E-state index in [1.165, 1.54) is 12.8 Å². The molecule has 4 heteroatoms. The van der Waals surface area contributed by atoms with Gasteiger partial charge < -0.3 is 14.0 Å². The van der Waals surface area contributed by atoms with E-state index in [-0.39, 0.29) is 5.97 Å². The third-order valence-electron chi connectivity index (χ3n) is 3.73. The average Bonchev–Trinajstić information content (AvgIpc) is 3.19. The molecular weight excluding hydrogens is 254 g/mol. The van der Waals surface area contributed by atoms with Crippen LogP contribution in [0.5, 0.6) is 5.75 Å². The molecule has 0 aliphatic heterocycles. The van der Waals surface area contributed by atoms with Crippen molar-refractivity contribution in [1.82, 2.24) is 4.57 Å². The van der Waals surface area contributed by atoms with Crippen molar-refractivity contribution in [2.24, 2.45) is 5.92 Å². The summed E-state index contributed by atoms with van der Waals surface area (Å²) in [4.78, 5) is 12.1. The second-order valence-corrected chi connectivity index (χ2v) is 5.23. The summed E-state index contributed by atoms with van der Waals surface area (Å²) in [6.45, 7) is 3.12. The number of ether oxygens (including phenoxy) is 2. The number of rotatable bonds is 5. The van der Waals surface area contributed by atoms with E-state index in [2.05, 4.69) is 4.57 Å². The second-order valence-electron chi connectivity index (χ2n) is 5.23. The third-order valence-corrected chi connectivity index (χ3v) is 3.73. The standard InChI is InChI=1S/C16H19NO3/c1-3-20-16(18)15-9-12-8-13(19-2)6-7-14(12)17(15)10-11-4-5-11/h6-9,11H,3-5,10H2,1-2H3. The maximum absolute atomic E-state index is 12.1. The molecule has 0 atom stereocenters. The van der Waals surface area contributed by atoms with E-state index in [1.807, 2.05) is 31.2 Å². The summed E-state index contributed by atoms with van der Waals surface area (Å²) in [6, 6.07) is 7.81. The van der Waals surface area contributed by atoms with Gasteiger partial charge in [-0.25, -0.2) is 4.79 Å². The largest absolute Gasteiger partial charge is 0.497 e. The van der Waals surface area contributed by atoms with Gasteiger partial charge in [-0.2, -0.15) is 0 Å². The molecule has 0 spiro atoms. The first-order chi connectivity index (χ1) is 9.72. The molecule has 4 nitrogen and oxygen atoms in total. The number of hydrogen-bond donors (Lipinski definition) is 0. The quantitative estimate of drug-likeness (QED) is 0.785. The molecule has 1 fully saturated rings. The number of aromatic nitrogens is 1. The molecule has 1 saturated carbocycles. The topological polar surface area (TPSA) is 40.5 Å². The molecule has 0 bridgehead atoms. The zero-order valence-corrected chi connectivity index (χ0v) is 11.9. The molecule has 1 aromatic carbocycles. The van der Waals surface area contributed by atoms with Crippen LogP contribution in [0.1, 0.15) is 30.3 Å². The van der Waals surface area contributed by atoms with Gasteiger partial charge in [0.15, 0.2) is 0 Å². The Labute approximate surface area is 118 Å². The Bertz CT molecular complexity index is 640. The highest BCUT2D eigenvalue weighted by atomic mass is 16.5. The molecule has 0 unspecified atom stereocenters. The first kappa shape index (κ1) is 13.0. The lowest BCUT2D eigenvalue weighted by molar-refractivity contribution is 0.0514. The molecule has 106 valence electrons. The van der Waals surface area contributed by atoms with Crippen molar-refractivity contribution < 1.29 is 14.3 Å². The summed E-state index contributed by atoms with van der Waals surface area (Å²) in [6.07, 6.45) is 2.50. The summed E-state index contributed by atoms with van der Waals surface area (Å²) in [5, 5.41) is 1.02. The number of methoxy groups -OCH3 is 1. The Hall–Kier alpha value is -1.97. The zero-order valence-electron chi connectivity index (χ0n) is 11.9. The predicted molar refractivity (Wildman–Crippen MR) is 77.2 cm³/mol. The second kappa shape index (κ2) is 5.19. The van der Waals surface area contributed by atoms with E-state index in [9.17, 15) is 4.79 Å². The van der Waals surface area contributed by atoms with E-state index in [0.717, 1.165) is 23.2 Å². The summed E-state index contributed by atoms with van der Waals surface area (Å²) in [5.74, 6) is 1.25. The first-order valence-electron chi connectivity index (χ1n) is 7.07. The number of fused-ring (bicyclic) bond motifs is 1. The van der Waals surface area contributed by atoms with Gasteiger partial charge in [-0.05, 0) is 49.9 Å². The Morgan fingerprint density at radius 1 is 1.35 bits per heavy atom. The van der Waals surface area contributed by atoms with Crippen LogP contribution >= 0.6 is 0 Å². The fourth-order valence-electron chi connectivity index (χ4n) is 2.51. The molecule has 3 rings (SSSR count). The van der Waals surface area contributed by atoms with E-state index in [1.54, 1.807) is 7.11 Å². The van der Waals surface area contributed by atoms with Crippen LogP contribution in [0.25, 0.3) is 10.9 Å². The highest BCUT2D eigenvalue weighted by molar-refractivity contribution is 5.96. The van der Waals surface area contributed by atoms with Crippen LogP contribution in [0, 0.1) is 5.92 Å². The summed E-state index contributed by atoms with van der Waals surface area (Å²) >= 11 is 0. The SMILES string of the molecule is CCOC(=O)c1cc2cc(OC)ccc2n1CC1CC1. The van der Waals surface area contributed by atoms with Gasteiger partial charge in [-0.1, -0.05) is 0 Å². The number of nitrogens with zero attached hydrogens (tertiary/aromatic N) is 1. The van der Waals surface area contributed by atoms with Crippen molar-refractivity contribution in [1.29, 1.82) is 0 Å². The molecule has 0 amide bonds. The van der Waals surface area contributed by atoms with Gasteiger partial charge in [-0.3, -0.25) is 0 Å². The minimum absolute atomic E-state index is 0.247. The minimum Gasteiger partial charge on any atom is -0.497 e. The Kier molecular flexibility index (Phi) is 3.38. The number of esters is 1. The third kappa shape index (κ3) is 2.38. The molecule has 20 heavy (non-hydrogen) atoms. The number of carbonyl (C=O) groups excluding carboxylic acids is 1. The minimum atomic E-state index is -0.247. The molecule has 0 N–H and O–H groups in total. The molecule has 1 aliphatic carbocycles. The molecular formula is C16H19NO3. The lowest BCUT2D eigenvalue weighted by Crippen LogP contribution is -2.13. The summed E-state index contributed by atoms with van der Waals surface area (Å²) in [7, 11) is 1.65. The van der Waals surface area contributed by atoms with Gasteiger partial charge in [-0.15, -0.1) is 0 Å². The van der Waals surface area contributed by atoms with Gasteiger partial charge in [0.2, 0.25) is 0 Å². The molecule has 1 aromatic heterocycles. The number of benzene rings is 1. The predicted octanol–water partition coefficient (Wildman–Crippen LogP) is 3.24. The monoisotopic (exact) mass is 273 g/mol. The highest BCUT2D eigenvalue weighted by Gasteiger charge is 2.25. The fourth-order valence-corrected chi connectivity index (χ4v) is 2.51. The van der Waals surface area contributed by atoms with Crippen molar-refractivity contribution in [2.75, 3.05) is 13.7 Å². The van der Waals surface area contributed by atoms with Crippen LogP contribution in [-0.2, 0) is 11.3 Å². The van der Waals surface area contributed by atoms with Crippen molar-refractivity contribution in [3.05, 3.63) is 30.0 Å². The molecule has 1 heterocycles. The van der Waals surface area contributed by atoms with Crippen molar-refractivity contribution in [3.8, 4) is 5.75 Å². The fraction of sp³-hybridized carbons (Fsp3) is 0.438. The van der Waals surface area contributed by atoms with Gasteiger partial charge in [0.05, 0.1) is 13.7 Å².